The number of hydrogen-bond donors (Lipinski definition) is 1. The van der Waals surface area contributed by atoms with Crippen molar-refractivity contribution in [3.63, 3.8) is 0 Å². The second-order valence-electron chi connectivity index (χ2n) is 3.93. The van der Waals surface area contributed by atoms with Gasteiger partial charge in [0.1, 0.15) is 17.2 Å². The third-order valence-electron chi connectivity index (χ3n) is 2.72. The van der Waals surface area contributed by atoms with Crippen molar-refractivity contribution < 1.29 is 0 Å². The Kier molecular flexibility index (Phi) is 2.76. The first-order valence-corrected chi connectivity index (χ1v) is 6.51. The summed E-state index contributed by atoms with van der Waals surface area (Å²) in [5.74, 6) is 0.589. The normalized spacial score (nSPS) is 11.0. The molecule has 18 heavy (non-hydrogen) atoms. The molecular formula is C13H9BrClN3. The smallest absolute Gasteiger partial charge is 0.139 e. The van der Waals surface area contributed by atoms with E-state index in [0.717, 1.165) is 21.4 Å². The van der Waals surface area contributed by atoms with Crippen LogP contribution in [0, 0.1) is 0 Å². The van der Waals surface area contributed by atoms with Gasteiger partial charge in [0.15, 0.2) is 0 Å². The van der Waals surface area contributed by atoms with Crippen molar-refractivity contribution >= 4 is 39.0 Å². The van der Waals surface area contributed by atoms with Crippen molar-refractivity contribution in [3.8, 4) is 11.3 Å². The number of hydrogen-bond acceptors (Lipinski definition) is 2. The first-order valence-electron chi connectivity index (χ1n) is 5.34. The molecule has 0 aliphatic heterocycles. The van der Waals surface area contributed by atoms with Crippen LogP contribution in [-0.4, -0.2) is 9.38 Å². The maximum Gasteiger partial charge on any atom is 0.139 e. The zero-order valence-corrected chi connectivity index (χ0v) is 11.6. The Hall–Kier alpha value is -1.52. The fourth-order valence-electron chi connectivity index (χ4n) is 1.89. The second-order valence-corrected chi connectivity index (χ2v) is 5.28. The first-order chi connectivity index (χ1) is 8.65. The highest BCUT2D eigenvalue weighted by atomic mass is 79.9. The number of aromatic nitrogens is 2. The van der Waals surface area contributed by atoms with Gasteiger partial charge in [-0.05, 0) is 24.3 Å². The molecule has 0 saturated heterocycles. The van der Waals surface area contributed by atoms with E-state index in [1.807, 2.05) is 30.3 Å². The van der Waals surface area contributed by atoms with Crippen LogP contribution >= 0.6 is 27.5 Å². The van der Waals surface area contributed by atoms with Crippen molar-refractivity contribution in [3.05, 3.63) is 52.1 Å². The average molecular weight is 323 g/mol. The van der Waals surface area contributed by atoms with E-state index >= 15 is 0 Å². The molecule has 0 saturated carbocycles. The van der Waals surface area contributed by atoms with E-state index < -0.39 is 0 Å². The van der Waals surface area contributed by atoms with Crippen LogP contribution < -0.4 is 5.73 Å². The molecule has 0 atom stereocenters. The zero-order valence-electron chi connectivity index (χ0n) is 9.27. The minimum absolute atomic E-state index is 0.589. The number of anilines is 1. The fraction of sp³-hybridized carbons (Fsp3) is 0. The summed E-state index contributed by atoms with van der Waals surface area (Å²) in [7, 11) is 0. The van der Waals surface area contributed by atoms with E-state index in [9.17, 15) is 0 Å². The Morgan fingerprint density at radius 1 is 1.22 bits per heavy atom. The summed E-state index contributed by atoms with van der Waals surface area (Å²) in [6, 6.07) is 11.5. The maximum absolute atomic E-state index is 6.12. The number of nitrogens with two attached hydrogens (primary N) is 1. The predicted molar refractivity (Wildman–Crippen MR) is 77.8 cm³/mol. The van der Waals surface area contributed by atoms with Gasteiger partial charge in [0, 0.05) is 16.2 Å². The monoisotopic (exact) mass is 321 g/mol. The zero-order chi connectivity index (χ0) is 12.7. The van der Waals surface area contributed by atoms with Gasteiger partial charge in [-0.15, -0.1) is 0 Å². The molecule has 3 aromatic rings. The summed E-state index contributed by atoms with van der Waals surface area (Å²) in [5, 5.41) is 0.632. The van der Waals surface area contributed by atoms with Gasteiger partial charge in [-0.1, -0.05) is 39.7 Å². The highest BCUT2D eigenvalue weighted by Crippen LogP contribution is 2.29. The lowest BCUT2D eigenvalue weighted by atomic mass is 10.1. The molecule has 2 aromatic heterocycles. The Balaban J connectivity index is 2.27. The quantitative estimate of drug-likeness (QED) is 0.736. The minimum atomic E-state index is 0.589. The van der Waals surface area contributed by atoms with E-state index in [1.165, 1.54) is 0 Å². The van der Waals surface area contributed by atoms with Crippen LogP contribution in [-0.2, 0) is 0 Å². The Morgan fingerprint density at radius 3 is 2.83 bits per heavy atom. The van der Waals surface area contributed by atoms with Crippen LogP contribution in [0.5, 0.6) is 0 Å². The molecule has 0 unspecified atom stereocenters. The van der Waals surface area contributed by atoms with Crippen molar-refractivity contribution in [2.45, 2.75) is 0 Å². The molecule has 0 aliphatic rings. The maximum atomic E-state index is 6.12. The molecule has 2 N–H and O–H groups in total. The number of imidazole rings is 1. The van der Waals surface area contributed by atoms with Crippen molar-refractivity contribution in [1.29, 1.82) is 0 Å². The van der Waals surface area contributed by atoms with Crippen LogP contribution in [0.4, 0.5) is 5.82 Å². The van der Waals surface area contributed by atoms with E-state index in [4.69, 9.17) is 17.3 Å². The van der Waals surface area contributed by atoms with Gasteiger partial charge < -0.3 is 5.73 Å². The van der Waals surface area contributed by atoms with Gasteiger partial charge in [-0.3, -0.25) is 4.40 Å². The largest absolute Gasteiger partial charge is 0.383 e. The van der Waals surface area contributed by atoms with Gasteiger partial charge in [-0.25, -0.2) is 4.98 Å². The number of rotatable bonds is 1. The Bertz CT molecular complexity index is 736. The fourth-order valence-corrected chi connectivity index (χ4v) is 2.44. The number of halogens is 2. The molecule has 0 bridgehead atoms. The highest BCUT2D eigenvalue weighted by Gasteiger charge is 2.11. The standard InChI is InChI=1S/C13H9BrClN3/c14-9-3-1-2-8(6-9)12-13(16)18-7-10(15)4-5-11(18)17-12/h1-7H,16H2. The molecule has 1 aromatic carbocycles. The van der Waals surface area contributed by atoms with E-state index in [1.54, 1.807) is 16.7 Å². The van der Waals surface area contributed by atoms with Gasteiger partial charge in [0.25, 0.3) is 0 Å². The number of fused-ring (bicyclic) bond motifs is 1. The number of nitrogens with zero attached hydrogens (tertiary/aromatic N) is 2. The summed E-state index contributed by atoms with van der Waals surface area (Å²) >= 11 is 9.40. The van der Waals surface area contributed by atoms with Gasteiger partial charge in [0.2, 0.25) is 0 Å². The Labute approximate surface area is 117 Å². The third-order valence-corrected chi connectivity index (χ3v) is 3.43. The first kappa shape index (κ1) is 11.6. The van der Waals surface area contributed by atoms with Crippen LogP contribution in [0.25, 0.3) is 16.9 Å². The lowest BCUT2D eigenvalue weighted by molar-refractivity contribution is 1.20. The van der Waals surface area contributed by atoms with E-state index in [-0.39, 0.29) is 0 Å². The number of pyridine rings is 1. The third kappa shape index (κ3) is 1.87. The lowest BCUT2D eigenvalue weighted by Crippen LogP contribution is -1.93. The number of nitrogen functional groups attached to an aromatic ring is 1. The Morgan fingerprint density at radius 2 is 2.06 bits per heavy atom. The molecule has 3 rings (SSSR count). The van der Waals surface area contributed by atoms with Gasteiger partial charge in [0.05, 0.1) is 5.02 Å². The highest BCUT2D eigenvalue weighted by molar-refractivity contribution is 9.10. The molecule has 0 spiro atoms. The average Bonchev–Trinajstić information content (AvgIpc) is 2.67. The van der Waals surface area contributed by atoms with E-state index in [2.05, 4.69) is 20.9 Å². The molecule has 2 heterocycles. The molecule has 3 nitrogen and oxygen atoms in total. The summed E-state index contributed by atoms with van der Waals surface area (Å²) < 4.78 is 2.79. The van der Waals surface area contributed by atoms with Crippen LogP contribution in [0.3, 0.4) is 0 Å². The summed E-state index contributed by atoms with van der Waals surface area (Å²) in [5.41, 5.74) is 8.64. The second kappa shape index (κ2) is 4.30. The SMILES string of the molecule is Nc1c(-c2cccc(Br)c2)nc2ccc(Cl)cn12. The topological polar surface area (TPSA) is 43.3 Å². The number of benzene rings is 1. The van der Waals surface area contributed by atoms with Gasteiger partial charge in [-0.2, -0.15) is 0 Å². The summed E-state index contributed by atoms with van der Waals surface area (Å²) in [6.45, 7) is 0. The molecule has 0 radical (unpaired) electrons. The molecule has 90 valence electrons. The van der Waals surface area contributed by atoms with Crippen molar-refractivity contribution in [2.24, 2.45) is 0 Å². The molecule has 0 fully saturated rings. The van der Waals surface area contributed by atoms with Crippen LogP contribution in [0.2, 0.25) is 5.02 Å². The van der Waals surface area contributed by atoms with Crippen molar-refractivity contribution in [1.82, 2.24) is 9.38 Å². The van der Waals surface area contributed by atoms with Gasteiger partial charge >= 0.3 is 0 Å². The molecular weight excluding hydrogens is 314 g/mol. The van der Waals surface area contributed by atoms with Crippen molar-refractivity contribution in [2.75, 3.05) is 5.73 Å². The van der Waals surface area contributed by atoms with Crippen LogP contribution in [0.1, 0.15) is 0 Å². The summed E-state index contributed by atoms with van der Waals surface area (Å²) in [6.07, 6.45) is 1.76. The van der Waals surface area contributed by atoms with Crippen LogP contribution in [0.15, 0.2) is 47.1 Å². The molecule has 5 heteroatoms. The minimum Gasteiger partial charge on any atom is -0.383 e. The molecule has 0 aliphatic carbocycles. The summed E-state index contributed by atoms with van der Waals surface area (Å²) in [4.78, 5) is 4.52. The lowest BCUT2D eigenvalue weighted by Gasteiger charge is -2.00. The van der Waals surface area contributed by atoms with E-state index in [0.29, 0.717) is 10.8 Å². The predicted octanol–water partition coefficient (Wildman–Crippen LogP) is 4.00. The molecule has 0 amide bonds.